The van der Waals surface area contributed by atoms with Gasteiger partial charge in [0.25, 0.3) is 5.91 Å². The van der Waals surface area contributed by atoms with Crippen LogP contribution in [-0.4, -0.2) is 10.5 Å². The summed E-state index contributed by atoms with van der Waals surface area (Å²) in [6.07, 6.45) is 1.87. The highest BCUT2D eigenvalue weighted by molar-refractivity contribution is 5.92. The predicted octanol–water partition coefficient (Wildman–Crippen LogP) is 2.82. The van der Waals surface area contributed by atoms with Crippen molar-refractivity contribution in [2.24, 2.45) is 7.05 Å². The fraction of sp³-hybridized carbons (Fsp3) is 0.267. The molecule has 0 aliphatic rings. The van der Waals surface area contributed by atoms with Crippen LogP contribution in [-0.2, 0) is 7.05 Å². The summed E-state index contributed by atoms with van der Waals surface area (Å²) in [5.41, 5.74) is 3.02. The van der Waals surface area contributed by atoms with Gasteiger partial charge in [-0.2, -0.15) is 0 Å². The van der Waals surface area contributed by atoms with E-state index in [4.69, 9.17) is 0 Å². The molecule has 3 heteroatoms. The lowest BCUT2D eigenvalue weighted by Crippen LogP contribution is -2.28. The largest absolute Gasteiger partial charge is 0.347 e. The standard InChI is InChI=1S/C15H18N2O/c1-11-7-4-5-8-13(11)12(2)16-15(18)14-9-6-10-17(14)3/h4-10,12H,1-3H3,(H,16,18). The van der Waals surface area contributed by atoms with Crippen LogP contribution in [0.1, 0.15) is 34.6 Å². The maximum absolute atomic E-state index is 12.1. The molecule has 0 spiro atoms. The van der Waals surface area contributed by atoms with Gasteiger partial charge in [0.2, 0.25) is 0 Å². The molecule has 18 heavy (non-hydrogen) atoms. The van der Waals surface area contributed by atoms with E-state index in [9.17, 15) is 4.79 Å². The Morgan fingerprint density at radius 2 is 1.94 bits per heavy atom. The Morgan fingerprint density at radius 3 is 2.56 bits per heavy atom. The number of hydrogen-bond donors (Lipinski definition) is 1. The predicted molar refractivity (Wildman–Crippen MR) is 72.5 cm³/mol. The smallest absolute Gasteiger partial charge is 0.268 e. The Hall–Kier alpha value is -2.03. The molecule has 1 aromatic carbocycles. The maximum Gasteiger partial charge on any atom is 0.268 e. The number of hydrogen-bond acceptors (Lipinski definition) is 1. The molecule has 0 bridgehead atoms. The summed E-state index contributed by atoms with van der Waals surface area (Å²) in [7, 11) is 1.87. The SMILES string of the molecule is Cc1ccccc1C(C)NC(=O)c1cccn1C. The average Bonchev–Trinajstić information content (AvgIpc) is 2.76. The van der Waals surface area contributed by atoms with Gasteiger partial charge in [-0.05, 0) is 37.1 Å². The van der Waals surface area contributed by atoms with Crippen molar-refractivity contribution in [1.82, 2.24) is 9.88 Å². The molecule has 1 amide bonds. The van der Waals surface area contributed by atoms with Gasteiger partial charge in [-0.25, -0.2) is 0 Å². The van der Waals surface area contributed by atoms with Crippen molar-refractivity contribution >= 4 is 5.91 Å². The maximum atomic E-state index is 12.1. The minimum Gasteiger partial charge on any atom is -0.347 e. The van der Waals surface area contributed by atoms with E-state index in [-0.39, 0.29) is 11.9 Å². The molecule has 1 heterocycles. The second-order valence-corrected chi connectivity index (χ2v) is 4.56. The zero-order valence-corrected chi connectivity index (χ0v) is 11.0. The van der Waals surface area contributed by atoms with Crippen LogP contribution in [0.3, 0.4) is 0 Å². The molecule has 1 N–H and O–H groups in total. The quantitative estimate of drug-likeness (QED) is 0.882. The fourth-order valence-corrected chi connectivity index (χ4v) is 2.12. The number of nitrogens with zero attached hydrogens (tertiary/aromatic N) is 1. The van der Waals surface area contributed by atoms with Gasteiger partial charge < -0.3 is 9.88 Å². The van der Waals surface area contributed by atoms with Crippen LogP contribution in [0.2, 0.25) is 0 Å². The summed E-state index contributed by atoms with van der Waals surface area (Å²) >= 11 is 0. The van der Waals surface area contributed by atoms with Crippen LogP contribution in [0, 0.1) is 6.92 Å². The molecule has 0 radical (unpaired) electrons. The average molecular weight is 242 g/mol. The zero-order chi connectivity index (χ0) is 13.1. The first-order valence-corrected chi connectivity index (χ1v) is 6.07. The Morgan fingerprint density at radius 1 is 1.22 bits per heavy atom. The molecular weight excluding hydrogens is 224 g/mol. The molecule has 0 aliphatic heterocycles. The highest BCUT2D eigenvalue weighted by Gasteiger charge is 2.14. The fourth-order valence-electron chi connectivity index (χ4n) is 2.12. The van der Waals surface area contributed by atoms with Gasteiger partial charge >= 0.3 is 0 Å². The lowest BCUT2D eigenvalue weighted by Gasteiger charge is -2.16. The highest BCUT2D eigenvalue weighted by atomic mass is 16.2. The van der Waals surface area contributed by atoms with E-state index in [0.29, 0.717) is 5.69 Å². The molecule has 1 aromatic heterocycles. The molecule has 1 unspecified atom stereocenters. The van der Waals surface area contributed by atoms with E-state index < -0.39 is 0 Å². The lowest BCUT2D eigenvalue weighted by atomic mass is 10.0. The summed E-state index contributed by atoms with van der Waals surface area (Å²) < 4.78 is 1.82. The Kier molecular flexibility index (Phi) is 3.51. The number of aromatic nitrogens is 1. The minimum absolute atomic E-state index is 0.00796. The molecule has 2 rings (SSSR count). The van der Waals surface area contributed by atoms with Crippen molar-refractivity contribution in [3.63, 3.8) is 0 Å². The first-order chi connectivity index (χ1) is 8.59. The van der Waals surface area contributed by atoms with Crippen molar-refractivity contribution in [2.45, 2.75) is 19.9 Å². The van der Waals surface area contributed by atoms with Crippen LogP contribution < -0.4 is 5.32 Å². The van der Waals surface area contributed by atoms with Gasteiger partial charge in [-0.3, -0.25) is 4.79 Å². The third-order valence-corrected chi connectivity index (χ3v) is 3.18. The summed E-state index contributed by atoms with van der Waals surface area (Å²) in [5.74, 6) is -0.0433. The second-order valence-electron chi connectivity index (χ2n) is 4.56. The number of nitrogens with one attached hydrogen (secondary N) is 1. The Balaban J connectivity index is 2.13. The van der Waals surface area contributed by atoms with Crippen molar-refractivity contribution in [2.75, 3.05) is 0 Å². The minimum atomic E-state index is -0.0433. The number of aryl methyl sites for hydroxylation is 2. The van der Waals surface area contributed by atoms with Crippen LogP contribution in [0.25, 0.3) is 0 Å². The molecule has 3 nitrogen and oxygen atoms in total. The van der Waals surface area contributed by atoms with Crippen LogP contribution in [0.15, 0.2) is 42.6 Å². The van der Waals surface area contributed by atoms with E-state index >= 15 is 0 Å². The Labute approximate surface area is 107 Å². The molecule has 94 valence electrons. The van der Waals surface area contributed by atoms with Crippen LogP contribution in [0.4, 0.5) is 0 Å². The van der Waals surface area contributed by atoms with E-state index in [1.165, 1.54) is 5.56 Å². The van der Waals surface area contributed by atoms with Gasteiger partial charge in [-0.1, -0.05) is 24.3 Å². The first-order valence-electron chi connectivity index (χ1n) is 6.07. The number of amides is 1. The van der Waals surface area contributed by atoms with Gasteiger partial charge in [-0.15, -0.1) is 0 Å². The molecule has 0 aliphatic carbocycles. The Bertz CT molecular complexity index is 557. The van der Waals surface area contributed by atoms with Gasteiger partial charge in [0.05, 0.1) is 6.04 Å². The second kappa shape index (κ2) is 5.08. The lowest BCUT2D eigenvalue weighted by molar-refractivity contribution is 0.0931. The number of benzene rings is 1. The topological polar surface area (TPSA) is 34.0 Å². The van der Waals surface area contributed by atoms with E-state index in [2.05, 4.69) is 18.3 Å². The normalized spacial score (nSPS) is 12.2. The summed E-state index contributed by atoms with van der Waals surface area (Å²) in [5, 5.41) is 3.02. The van der Waals surface area contributed by atoms with E-state index in [0.717, 1.165) is 5.56 Å². The number of carbonyl (C=O) groups excluding carboxylic acids is 1. The monoisotopic (exact) mass is 242 g/mol. The van der Waals surface area contributed by atoms with Crippen molar-refractivity contribution in [1.29, 1.82) is 0 Å². The number of rotatable bonds is 3. The van der Waals surface area contributed by atoms with E-state index in [1.54, 1.807) is 0 Å². The van der Waals surface area contributed by atoms with Crippen molar-refractivity contribution < 1.29 is 4.79 Å². The molecule has 1 atom stereocenters. The zero-order valence-electron chi connectivity index (χ0n) is 11.0. The molecule has 0 fully saturated rings. The van der Waals surface area contributed by atoms with Crippen LogP contribution >= 0.6 is 0 Å². The first kappa shape index (κ1) is 12.4. The third-order valence-electron chi connectivity index (χ3n) is 3.18. The summed E-state index contributed by atoms with van der Waals surface area (Å²) in [4.78, 5) is 12.1. The van der Waals surface area contributed by atoms with Gasteiger partial charge in [0.15, 0.2) is 0 Å². The summed E-state index contributed by atoms with van der Waals surface area (Å²) in [6.45, 7) is 4.06. The van der Waals surface area contributed by atoms with Crippen molar-refractivity contribution in [3.05, 3.63) is 59.4 Å². The van der Waals surface area contributed by atoms with Crippen LogP contribution in [0.5, 0.6) is 0 Å². The summed E-state index contributed by atoms with van der Waals surface area (Å²) in [6, 6.07) is 11.8. The number of carbonyl (C=O) groups is 1. The molecular formula is C15H18N2O. The molecule has 0 saturated carbocycles. The molecule has 2 aromatic rings. The van der Waals surface area contributed by atoms with E-state index in [1.807, 2.05) is 55.1 Å². The third kappa shape index (κ3) is 2.45. The highest BCUT2D eigenvalue weighted by Crippen LogP contribution is 2.17. The van der Waals surface area contributed by atoms with Crippen molar-refractivity contribution in [3.8, 4) is 0 Å². The molecule has 0 saturated heterocycles. The van der Waals surface area contributed by atoms with Gasteiger partial charge in [0, 0.05) is 13.2 Å². The van der Waals surface area contributed by atoms with Gasteiger partial charge in [0.1, 0.15) is 5.69 Å².